The molecule has 2 N–H and O–H groups in total. The Kier molecular flexibility index (Phi) is 15.7. The van der Waals surface area contributed by atoms with Crippen molar-refractivity contribution < 1.29 is 9.53 Å². The van der Waals surface area contributed by atoms with Gasteiger partial charge in [-0.05, 0) is 19.3 Å². The summed E-state index contributed by atoms with van der Waals surface area (Å²) in [6, 6.07) is 0. The summed E-state index contributed by atoms with van der Waals surface area (Å²) in [7, 11) is 3.43. The van der Waals surface area contributed by atoms with Crippen molar-refractivity contribution >= 4 is 35.8 Å². The van der Waals surface area contributed by atoms with Crippen LogP contribution in [0.15, 0.2) is 17.1 Å². The Morgan fingerprint density at radius 3 is 2.43 bits per heavy atom. The number of ether oxygens (including phenoxy) is 1. The van der Waals surface area contributed by atoms with E-state index >= 15 is 0 Å². The number of hydrogen-bond acceptors (Lipinski definition) is 3. The maximum Gasteiger partial charge on any atom is 0.243 e. The molecule has 0 aliphatic carbocycles. The molecule has 0 rings (SSSR count). The second-order valence-corrected chi connectivity index (χ2v) is 5.99. The summed E-state index contributed by atoms with van der Waals surface area (Å²) in [4.78, 5) is 17.4. The minimum Gasteiger partial charge on any atom is -0.380 e. The van der Waals surface area contributed by atoms with Crippen LogP contribution in [-0.4, -0.2) is 63.7 Å². The van der Waals surface area contributed by atoms with Crippen LogP contribution >= 0.6 is 24.0 Å². The van der Waals surface area contributed by atoms with Gasteiger partial charge in [-0.25, -0.2) is 4.99 Å². The van der Waals surface area contributed by atoms with E-state index in [4.69, 9.17) is 4.74 Å². The Bertz CT molecular complexity index is 371. The second kappa shape index (κ2) is 14.7. The lowest BCUT2D eigenvalue weighted by molar-refractivity contribution is -0.127. The fourth-order valence-electron chi connectivity index (χ4n) is 1.36. The van der Waals surface area contributed by atoms with Gasteiger partial charge in [0.05, 0.1) is 6.61 Å². The molecule has 0 radical (unpaired) electrons. The largest absolute Gasteiger partial charge is 0.380 e. The molecule has 7 heteroatoms. The first-order valence-corrected chi connectivity index (χ1v) is 7.77. The number of nitrogens with zero attached hydrogens (tertiary/aromatic N) is 2. The van der Waals surface area contributed by atoms with Gasteiger partial charge >= 0.3 is 0 Å². The number of nitrogens with one attached hydrogen (secondary N) is 2. The van der Waals surface area contributed by atoms with Gasteiger partial charge in [0.15, 0.2) is 5.96 Å². The molecule has 0 aromatic heterocycles. The average molecular weight is 440 g/mol. The maximum atomic E-state index is 11.6. The number of halogens is 1. The molecule has 136 valence electrons. The molecule has 0 aromatic carbocycles. The molecule has 0 fully saturated rings. The molecule has 0 heterocycles. The molecule has 0 saturated carbocycles. The zero-order chi connectivity index (χ0) is 17.0. The quantitative estimate of drug-likeness (QED) is 0.179. The summed E-state index contributed by atoms with van der Waals surface area (Å²) in [5.74, 6) is 1.22. The zero-order valence-electron chi connectivity index (χ0n) is 15.1. The smallest absolute Gasteiger partial charge is 0.243 e. The lowest BCUT2D eigenvalue weighted by Gasteiger charge is -2.14. The Labute approximate surface area is 158 Å². The van der Waals surface area contributed by atoms with Gasteiger partial charge in [0.2, 0.25) is 5.91 Å². The summed E-state index contributed by atoms with van der Waals surface area (Å²) >= 11 is 0. The third-order valence-electron chi connectivity index (χ3n) is 2.81. The summed E-state index contributed by atoms with van der Waals surface area (Å²) in [5.41, 5.74) is 1.00. The summed E-state index contributed by atoms with van der Waals surface area (Å²) < 4.78 is 5.55. The molecule has 0 atom stereocenters. The third kappa shape index (κ3) is 15.8. The lowest BCUT2D eigenvalue weighted by Crippen LogP contribution is -2.40. The SMILES string of the molecule is C=C(C)CNC(=NCC(=O)N(C)C)NCCOCCC(C)C.I. The van der Waals surface area contributed by atoms with Crippen molar-refractivity contribution in [3.63, 3.8) is 0 Å². The van der Waals surface area contributed by atoms with Gasteiger partial charge in [-0.15, -0.1) is 24.0 Å². The molecule has 0 aromatic rings. The molecule has 0 spiro atoms. The first-order valence-electron chi connectivity index (χ1n) is 7.77. The monoisotopic (exact) mass is 440 g/mol. The molecule has 0 aliphatic rings. The molecule has 0 saturated heterocycles. The van der Waals surface area contributed by atoms with Crippen LogP contribution in [0.3, 0.4) is 0 Å². The number of carbonyl (C=O) groups is 1. The molecular formula is C16H33IN4O2. The van der Waals surface area contributed by atoms with Crippen molar-refractivity contribution in [3.8, 4) is 0 Å². The standard InChI is InChI=1S/C16H32N4O2.HI/c1-13(2)7-9-22-10-8-17-16(18-11-14(3)4)19-12-15(21)20(5)6;/h13H,3,7-12H2,1-2,4-6H3,(H2,17,18,19);1H. The number of carbonyl (C=O) groups excluding carboxylic acids is 1. The van der Waals surface area contributed by atoms with Crippen LogP contribution in [-0.2, 0) is 9.53 Å². The van der Waals surface area contributed by atoms with E-state index in [0.717, 1.165) is 18.6 Å². The van der Waals surface area contributed by atoms with Crippen LogP contribution in [0.1, 0.15) is 27.2 Å². The number of aliphatic imine (C=N–C) groups is 1. The first-order chi connectivity index (χ1) is 10.3. The predicted octanol–water partition coefficient (Wildman–Crippen LogP) is 1.87. The zero-order valence-corrected chi connectivity index (χ0v) is 17.5. The molecule has 1 amide bonds. The van der Waals surface area contributed by atoms with Crippen molar-refractivity contribution in [2.45, 2.75) is 27.2 Å². The minimum atomic E-state index is -0.0374. The second-order valence-electron chi connectivity index (χ2n) is 5.99. The highest BCUT2D eigenvalue weighted by Crippen LogP contribution is 1.98. The summed E-state index contributed by atoms with van der Waals surface area (Å²) in [6.07, 6.45) is 1.06. The van der Waals surface area contributed by atoms with E-state index in [-0.39, 0.29) is 36.4 Å². The van der Waals surface area contributed by atoms with Crippen LogP contribution < -0.4 is 10.6 Å². The normalized spacial score (nSPS) is 11.0. The molecule has 0 aliphatic heterocycles. The Balaban J connectivity index is 0. The highest BCUT2D eigenvalue weighted by Gasteiger charge is 2.04. The van der Waals surface area contributed by atoms with Crippen molar-refractivity contribution in [2.24, 2.45) is 10.9 Å². The van der Waals surface area contributed by atoms with Crippen LogP contribution in [0.2, 0.25) is 0 Å². The Morgan fingerprint density at radius 1 is 1.26 bits per heavy atom. The minimum absolute atomic E-state index is 0. The fourth-order valence-corrected chi connectivity index (χ4v) is 1.36. The molecule has 6 nitrogen and oxygen atoms in total. The van der Waals surface area contributed by atoms with Crippen molar-refractivity contribution in [2.75, 3.05) is 46.9 Å². The van der Waals surface area contributed by atoms with Gasteiger partial charge < -0.3 is 20.3 Å². The highest BCUT2D eigenvalue weighted by atomic mass is 127. The fraction of sp³-hybridized carbons (Fsp3) is 0.750. The van der Waals surface area contributed by atoms with Gasteiger partial charge in [-0.3, -0.25) is 4.79 Å². The maximum absolute atomic E-state index is 11.6. The summed E-state index contributed by atoms with van der Waals surface area (Å²) in [5, 5.41) is 6.30. The number of rotatable bonds is 10. The first kappa shape index (κ1) is 24.4. The third-order valence-corrected chi connectivity index (χ3v) is 2.81. The van der Waals surface area contributed by atoms with E-state index in [1.807, 2.05) is 6.92 Å². The van der Waals surface area contributed by atoms with Crippen LogP contribution in [0, 0.1) is 5.92 Å². The molecule has 0 unspecified atom stereocenters. The van der Waals surface area contributed by atoms with E-state index in [9.17, 15) is 4.79 Å². The van der Waals surface area contributed by atoms with Crippen LogP contribution in [0.25, 0.3) is 0 Å². The highest BCUT2D eigenvalue weighted by molar-refractivity contribution is 14.0. The van der Waals surface area contributed by atoms with Crippen molar-refractivity contribution in [3.05, 3.63) is 12.2 Å². The summed E-state index contributed by atoms with van der Waals surface area (Å²) in [6.45, 7) is 12.9. The van der Waals surface area contributed by atoms with Crippen molar-refractivity contribution in [1.82, 2.24) is 15.5 Å². The average Bonchev–Trinajstić information content (AvgIpc) is 2.43. The number of guanidine groups is 1. The molecule has 23 heavy (non-hydrogen) atoms. The van der Waals surface area contributed by atoms with E-state index < -0.39 is 0 Å². The number of likely N-dealkylation sites (N-methyl/N-ethyl adjacent to an activating group) is 1. The topological polar surface area (TPSA) is 66.0 Å². The molecular weight excluding hydrogens is 407 g/mol. The predicted molar refractivity (Wildman–Crippen MR) is 108 cm³/mol. The lowest BCUT2D eigenvalue weighted by atomic mass is 10.1. The Hall–Kier alpha value is -0.830. The van der Waals surface area contributed by atoms with Gasteiger partial charge in [-0.2, -0.15) is 0 Å². The number of hydrogen-bond donors (Lipinski definition) is 2. The Morgan fingerprint density at radius 2 is 1.91 bits per heavy atom. The van der Waals surface area contributed by atoms with Crippen LogP contribution in [0.5, 0.6) is 0 Å². The number of amides is 1. The van der Waals surface area contributed by atoms with Gasteiger partial charge in [-0.1, -0.05) is 26.0 Å². The molecule has 0 bridgehead atoms. The van der Waals surface area contributed by atoms with Crippen LogP contribution in [0.4, 0.5) is 0 Å². The van der Waals surface area contributed by atoms with E-state index in [2.05, 4.69) is 36.1 Å². The van der Waals surface area contributed by atoms with Gasteiger partial charge in [0, 0.05) is 33.8 Å². The van der Waals surface area contributed by atoms with Gasteiger partial charge in [0.1, 0.15) is 6.54 Å². The van der Waals surface area contributed by atoms with E-state index in [0.29, 0.717) is 31.6 Å². The van der Waals surface area contributed by atoms with E-state index in [1.165, 1.54) is 4.90 Å². The van der Waals surface area contributed by atoms with Crippen molar-refractivity contribution in [1.29, 1.82) is 0 Å². The van der Waals surface area contributed by atoms with E-state index in [1.54, 1.807) is 14.1 Å². The van der Waals surface area contributed by atoms with Gasteiger partial charge in [0.25, 0.3) is 0 Å².